The van der Waals surface area contributed by atoms with E-state index in [0.717, 1.165) is 24.3 Å². The maximum atomic E-state index is 10.8. The average Bonchev–Trinajstić information content (AvgIpc) is 2.53. The van der Waals surface area contributed by atoms with Gasteiger partial charge >= 0.3 is 0 Å². The molecule has 6 nitrogen and oxygen atoms in total. The number of likely N-dealkylation sites (tertiary alicyclic amines) is 1. The lowest BCUT2D eigenvalue weighted by molar-refractivity contribution is -0.109. The molecule has 0 aliphatic carbocycles. The van der Waals surface area contributed by atoms with E-state index in [1.54, 1.807) is 13.0 Å². The van der Waals surface area contributed by atoms with Gasteiger partial charge in [0.15, 0.2) is 0 Å². The van der Waals surface area contributed by atoms with Gasteiger partial charge in [0.1, 0.15) is 10.7 Å². The zero-order valence-electron chi connectivity index (χ0n) is 13.3. The van der Waals surface area contributed by atoms with Crippen molar-refractivity contribution in [3.63, 3.8) is 0 Å². The predicted molar refractivity (Wildman–Crippen MR) is 92.6 cm³/mol. The van der Waals surface area contributed by atoms with E-state index >= 15 is 0 Å². The molecule has 1 aliphatic rings. The van der Waals surface area contributed by atoms with E-state index in [0.29, 0.717) is 38.9 Å². The molecule has 0 aromatic carbocycles. The number of nitrogens with one attached hydrogen (secondary N) is 1. The van der Waals surface area contributed by atoms with Crippen LogP contribution in [-0.2, 0) is 4.79 Å². The first-order valence-electron chi connectivity index (χ1n) is 7.81. The van der Waals surface area contributed by atoms with Crippen molar-refractivity contribution in [3.8, 4) is 0 Å². The first kappa shape index (κ1) is 18.9. The van der Waals surface area contributed by atoms with Crippen molar-refractivity contribution < 1.29 is 9.90 Å². The minimum atomic E-state index is -0.659. The minimum Gasteiger partial charge on any atom is -0.511 e. The van der Waals surface area contributed by atoms with E-state index in [9.17, 15) is 9.90 Å². The molecular formula is C15H28N4O2S. The Morgan fingerprint density at radius 1 is 1.45 bits per heavy atom. The van der Waals surface area contributed by atoms with Crippen LogP contribution < -0.4 is 16.8 Å². The Kier molecular flexibility index (Phi) is 7.78. The van der Waals surface area contributed by atoms with Gasteiger partial charge in [-0.05, 0) is 51.6 Å². The highest BCUT2D eigenvalue weighted by molar-refractivity contribution is 7.80. The minimum absolute atomic E-state index is 0.139. The Hall–Kier alpha value is -1.18. The van der Waals surface area contributed by atoms with Gasteiger partial charge in [0.2, 0.25) is 6.41 Å². The number of amides is 1. The molecule has 0 bridgehead atoms. The zero-order valence-corrected chi connectivity index (χ0v) is 14.1. The van der Waals surface area contributed by atoms with Gasteiger partial charge in [-0.1, -0.05) is 12.2 Å². The normalized spacial score (nSPS) is 19.6. The number of rotatable bonds is 8. The summed E-state index contributed by atoms with van der Waals surface area (Å²) in [7, 11) is 0. The van der Waals surface area contributed by atoms with Crippen molar-refractivity contribution in [3.05, 3.63) is 11.8 Å². The predicted octanol–water partition coefficient (Wildman–Crippen LogP) is 0.813. The molecule has 1 aliphatic heterocycles. The SMILES string of the molecule is C/C=C(/O)C1(N)CCN(C(=S)C(CCCCN)NC=O)CC1. The van der Waals surface area contributed by atoms with E-state index in [1.807, 2.05) is 0 Å². The standard InChI is InChI=1S/C15H28N4O2S/c1-2-13(21)15(17)6-9-19(10-7-15)14(22)12(18-11-20)5-3-4-8-16/h2,11-12,21H,3-10,16-17H2,1H3,(H,18,20)/b13-2+. The van der Waals surface area contributed by atoms with Crippen LogP contribution in [0.1, 0.15) is 39.0 Å². The largest absolute Gasteiger partial charge is 0.511 e. The van der Waals surface area contributed by atoms with Crippen molar-refractivity contribution in [1.29, 1.82) is 0 Å². The van der Waals surface area contributed by atoms with Crippen LogP contribution in [0.15, 0.2) is 11.8 Å². The Morgan fingerprint density at radius 3 is 2.59 bits per heavy atom. The lowest BCUT2D eigenvalue weighted by Gasteiger charge is -2.41. The van der Waals surface area contributed by atoms with Gasteiger partial charge in [-0.15, -0.1) is 0 Å². The monoisotopic (exact) mass is 328 g/mol. The molecule has 0 saturated carbocycles. The second-order valence-corrected chi connectivity index (χ2v) is 6.20. The summed E-state index contributed by atoms with van der Waals surface area (Å²) in [5.41, 5.74) is 11.1. The quantitative estimate of drug-likeness (QED) is 0.227. The van der Waals surface area contributed by atoms with E-state index in [1.165, 1.54) is 0 Å². The number of allylic oxidation sites excluding steroid dienone is 1. The first-order valence-corrected chi connectivity index (χ1v) is 8.22. The highest BCUT2D eigenvalue weighted by Crippen LogP contribution is 2.26. The van der Waals surface area contributed by atoms with Crippen LogP contribution in [0.5, 0.6) is 0 Å². The summed E-state index contributed by atoms with van der Waals surface area (Å²) in [6.45, 7) is 3.79. The summed E-state index contributed by atoms with van der Waals surface area (Å²) in [6.07, 6.45) is 6.26. The van der Waals surface area contributed by atoms with Crippen molar-refractivity contribution in [1.82, 2.24) is 10.2 Å². The fraction of sp³-hybridized carbons (Fsp3) is 0.733. The van der Waals surface area contributed by atoms with Crippen molar-refractivity contribution in [2.45, 2.75) is 50.6 Å². The van der Waals surface area contributed by atoms with E-state index < -0.39 is 5.54 Å². The summed E-state index contributed by atoms with van der Waals surface area (Å²) in [4.78, 5) is 13.6. The Morgan fingerprint density at radius 2 is 2.09 bits per heavy atom. The number of nitrogens with zero attached hydrogens (tertiary/aromatic N) is 1. The van der Waals surface area contributed by atoms with Gasteiger partial charge in [-0.3, -0.25) is 4.79 Å². The third kappa shape index (κ3) is 4.93. The summed E-state index contributed by atoms with van der Waals surface area (Å²) in [6, 6.07) is -0.139. The summed E-state index contributed by atoms with van der Waals surface area (Å²) in [5, 5.41) is 12.7. The van der Waals surface area contributed by atoms with Gasteiger partial charge in [0, 0.05) is 13.1 Å². The number of aliphatic hydroxyl groups is 1. The molecule has 1 atom stereocenters. The number of carbonyl (C=O) groups is 1. The maximum Gasteiger partial charge on any atom is 0.207 e. The average molecular weight is 328 g/mol. The molecule has 1 unspecified atom stereocenters. The van der Waals surface area contributed by atoms with Crippen LogP contribution in [0.2, 0.25) is 0 Å². The molecule has 22 heavy (non-hydrogen) atoms. The molecule has 7 heteroatoms. The van der Waals surface area contributed by atoms with Crippen molar-refractivity contribution in [2.75, 3.05) is 19.6 Å². The molecule has 0 aromatic rings. The molecule has 1 saturated heterocycles. The first-order chi connectivity index (χ1) is 10.5. The molecule has 1 fully saturated rings. The number of thiocarbonyl (C=S) groups is 1. The fourth-order valence-corrected chi connectivity index (χ4v) is 3.11. The molecule has 1 rings (SSSR count). The fourth-order valence-electron chi connectivity index (χ4n) is 2.74. The van der Waals surface area contributed by atoms with Gasteiger partial charge in [0.05, 0.1) is 11.6 Å². The van der Waals surface area contributed by atoms with Crippen LogP contribution >= 0.6 is 12.2 Å². The smallest absolute Gasteiger partial charge is 0.207 e. The van der Waals surface area contributed by atoms with Gasteiger partial charge in [0.25, 0.3) is 0 Å². The number of nitrogens with two attached hydrogens (primary N) is 2. The molecule has 126 valence electrons. The number of unbranched alkanes of at least 4 members (excludes halogenated alkanes) is 1. The number of piperidine rings is 1. The second-order valence-electron chi connectivity index (χ2n) is 5.78. The van der Waals surface area contributed by atoms with Crippen LogP contribution in [0.4, 0.5) is 0 Å². The number of hydrogen-bond acceptors (Lipinski definition) is 5. The molecule has 0 spiro atoms. The van der Waals surface area contributed by atoms with Crippen molar-refractivity contribution >= 4 is 23.6 Å². The molecule has 0 radical (unpaired) electrons. The second kappa shape index (κ2) is 9.07. The lowest BCUT2D eigenvalue weighted by atomic mass is 9.86. The third-order valence-corrected chi connectivity index (χ3v) is 4.81. The van der Waals surface area contributed by atoms with E-state index in [4.69, 9.17) is 23.7 Å². The highest BCUT2D eigenvalue weighted by atomic mass is 32.1. The number of carbonyl (C=O) groups excluding carboxylic acids is 1. The van der Waals surface area contributed by atoms with Gasteiger partial charge in [-0.25, -0.2) is 0 Å². The highest BCUT2D eigenvalue weighted by Gasteiger charge is 2.35. The van der Waals surface area contributed by atoms with E-state index in [2.05, 4.69) is 10.2 Å². The zero-order chi connectivity index (χ0) is 16.6. The van der Waals surface area contributed by atoms with Crippen molar-refractivity contribution in [2.24, 2.45) is 11.5 Å². The Labute approximate surface area is 137 Å². The molecule has 1 amide bonds. The number of aliphatic hydroxyl groups excluding tert-OH is 1. The summed E-state index contributed by atoms with van der Waals surface area (Å²) < 4.78 is 0. The lowest BCUT2D eigenvalue weighted by Crippen LogP contribution is -2.55. The van der Waals surface area contributed by atoms with Crippen LogP contribution in [-0.4, -0.2) is 52.6 Å². The van der Waals surface area contributed by atoms with Crippen LogP contribution in [0.3, 0.4) is 0 Å². The van der Waals surface area contributed by atoms with Crippen LogP contribution in [0, 0.1) is 0 Å². The Bertz CT molecular complexity index is 406. The van der Waals surface area contributed by atoms with Gasteiger partial charge in [-0.2, -0.15) is 0 Å². The van der Waals surface area contributed by atoms with E-state index in [-0.39, 0.29) is 11.8 Å². The number of hydrogen-bond donors (Lipinski definition) is 4. The maximum absolute atomic E-state index is 10.8. The molecule has 0 aromatic heterocycles. The Balaban J connectivity index is 2.60. The molecule has 6 N–H and O–H groups in total. The van der Waals surface area contributed by atoms with Crippen LogP contribution in [0.25, 0.3) is 0 Å². The summed E-state index contributed by atoms with van der Waals surface area (Å²) in [5.74, 6) is 0.239. The molecular weight excluding hydrogens is 300 g/mol. The van der Waals surface area contributed by atoms with Gasteiger partial charge < -0.3 is 26.8 Å². The summed E-state index contributed by atoms with van der Waals surface area (Å²) >= 11 is 5.53. The third-order valence-electron chi connectivity index (χ3n) is 4.27. The molecule has 1 heterocycles. The topological polar surface area (TPSA) is 105 Å².